The molecule has 6 nitrogen and oxygen atoms in total. The highest BCUT2D eigenvalue weighted by Gasteiger charge is 2.11. The molecule has 4 rings (SSSR count). The maximum atomic E-state index is 12.2. The van der Waals surface area contributed by atoms with Gasteiger partial charge in [-0.1, -0.05) is 12.1 Å². The number of benzene rings is 2. The highest BCUT2D eigenvalue weighted by Crippen LogP contribution is 2.31. The lowest BCUT2D eigenvalue weighted by Crippen LogP contribution is -2.31. The minimum absolute atomic E-state index is 0.0746. The van der Waals surface area contributed by atoms with Gasteiger partial charge in [0.2, 0.25) is 0 Å². The van der Waals surface area contributed by atoms with Crippen LogP contribution in [-0.2, 0) is 0 Å². The molecule has 142 valence electrons. The number of fused-ring (bicyclic) bond motifs is 3. The zero-order chi connectivity index (χ0) is 19.5. The molecule has 0 aliphatic carbocycles. The van der Waals surface area contributed by atoms with Gasteiger partial charge in [-0.25, -0.2) is 4.98 Å². The number of anilines is 2. The highest BCUT2D eigenvalue weighted by atomic mass is 16.3. The van der Waals surface area contributed by atoms with Gasteiger partial charge in [0.15, 0.2) is 0 Å². The van der Waals surface area contributed by atoms with Gasteiger partial charge in [0.25, 0.3) is 5.91 Å². The fourth-order valence-corrected chi connectivity index (χ4v) is 3.08. The molecule has 0 atom stereocenters. The molecule has 6 heteroatoms. The smallest absolute Gasteiger partial charge is 0.251 e. The third-order valence-electron chi connectivity index (χ3n) is 4.56. The topological polar surface area (TPSA) is 70.4 Å². The molecule has 2 aromatic carbocycles. The van der Waals surface area contributed by atoms with Crippen LogP contribution in [0.25, 0.3) is 21.9 Å². The van der Waals surface area contributed by atoms with Crippen molar-refractivity contribution in [1.29, 1.82) is 0 Å². The van der Waals surface area contributed by atoms with E-state index < -0.39 is 0 Å². The summed E-state index contributed by atoms with van der Waals surface area (Å²) in [4.78, 5) is 19.0. The first-order valence-corrected chi connectivity index (χ1v) is 9.18. The van der Waals surface area contributed by atoms with Crippen molar-refractivity contribution < 1.29 is 9.21 Å². The van der Waals surface area contributed by atoms with E-state index in [2.05, 4.69) is 10.6 Å². The minimum atomic E-state index is -0.0746. The second-order valence-electron chi connectivity index (χ2n) is 6.90. The molecule has 0 saturated heterocycles. The van der Waals surface area contributed by atoms with Crippen LogP contribution in [0.4, 0.5) is 11.5 Å². The third kappa shape index (κ3) is 3.68. The number of nitrogens with one attached hydrogen (secondary N) is 2. The summed E-state index contributed by atoms with van der Waals surface area (Å²) in [6.07, 6.45) is 1.67. The molecule has 4 aromatic rings. The molecule has 0 bridgehead atoms. The summed E-state index contributed by atoms with van der Waals surface area (Å²) in [7, 11) is 3.95. The molecule has 0 saturated carbocycles. The largest absolute Gasteiger partial charge is 0.463 e. The zero-order valence-corrected chi connectivity index (χ0v) is 15.9. The number of amides is 1. The number of rotatable bonds is 6. The van der Waals surface area contributed by atoms with E-state index in [0.29, 0.717) is 12.1 Å². The highest BCUT2D eigenvalue weighted by molar-refractivity contribution is 6.07. The average Bonchev–Trinajstić information content (AvgIpc) is 3.19. The molecule has 0 fully saturated rings. The predicted molar refractivity (Wildman–Crippen MR) is 112 cm³/mol. The van der Waals surface area contributed by atoms with Gasteiger partial charge < -0.3 is 20.0 Å². The second-order valence-corrected chi connectivity index (χ2v) is 6.90. The molecular formula is C22H22N4O2. The van der Waals surface area contributed by atoms with Crippen LogP contribution in [0.2, 0.25) is 0 Å². The molecule has 0 unspecified atom stereocenters. The van der Waals surface area contributed by atoms with Gasteiger partial charge in [-0.05, 0) is 56.6 Å². The van der Waals surface area contributed by atoms with Crippen LogP contribution in [-0.4, -0.2) is 43.0 Å². The van der Waals surface area contributed by atoms with E-state index in [0.717, 1.165) is 39.9 Å². The Hall–Kier alpha value is -3.38. The molecule has 2 aromatic heterocycles. The quantitative estimate of drug-likeness (QED) is 0.533. The maximum absolute atomic E-state index is 12.2. The predicted octanol–water partition coefficient (Wildman–Crippen LogP) is 4.02. The summed E-state index contributed by atoms with van der Waals surface area (Å²) in [6.45, 7) is 1.42. The van der Waals surface area contributed by atoms with Crippen molar-refractivity contribution in [3.63, 3.8) is 0 Å². The summed E-state index contributed by atoms with van der Waals surface area (Å²) in [5.41, 5.74) is 3.16. The number of para-hydroxylation sites is 1. The standard InChI is InChI=1S/C22H22N4O2/c1-26(2)13-12-23-22(27)15-7-9-16(10-8-15)24-21-18-11-14-28-20(18)17-5-3-4-6-19(17)25-21/h3-11,14H,12-13H2,1-2H3,(H,23,27)(H,24,25). The van der Waals surface area contributed by atoms with Crippen LogP contribution >= 0.6 is 0 Å². The summed E-state index contributed by atoms with van der Waals surface area (Å²) in [5, 5.41) is 8.16. The van der Waals surface area contributed by atoms with Crippen LogP contribution in [0.1, 0.15) is 10.4 Å². The van der Waals surface area contributed by atoms with Gasteiger partial charge in [-0.15, -0.1) is 0 Å². The average molecular weight is 374 g/mol. The van der Waals surface area contributed by atoms with Gasteiger partial charge >= 0.3 is 0 Å². The van der Waals surface area contributed by atoms with Crippen LogP contribution in [0.5, 0.6) is 0 Å². The summed E-state index contributed by atoms with van der Waals surface area (Å²) in [6, 6.07) is 17.2. The van der Waals surface area contributed by atoms with Crippen LogP contribution in [0.3, 0.4) is 0 Å². The van der Waals surface area contributed by atoms with Crippen molar-refractivity contribution in [3.8, 4) is 0 Å². The zero-order valence-electron chi connectivity index (χ0n) is 15.9. The molecule has 1 amide bonds. The Labute approximate surface area is 163 Å². The number of nitrogens with zero attached hydrogens (tertiary/aromatic N) is 2. The van der Waals surface area contributed by atoms with E-state index in [1.54, 1.807) is 18.4 Å². The van der Waals surface area contributed by atoms with Crippen molar-refractivity contribution >= 4 is 39.3 Å². The molecule has 2 N–H and O–H groups in total. The van der Waals surface area contributed by atoms with Crippen LogP contribution in [0, 0.1) is 0 Å². The van der Waals surface area contributed by atoms with Crippen LogP contribution < -0.4 is 10.6 Å². The van der Waals surface area contributed by atoms with Crippen molar-refractivity contribution in [3.05, 3.63) is 66.4 Å². The summed E-state index contributed by atoms with van der Waals surface area (Å²) < 4.78 is 5.68. The Balaban J connectivity index is 1.54. The summed E-state index contributed by atoms with van der Waals surface area (Å²) >= 11 is 0. The van der Waals surface area contributed by atoms with Gasteiger partial charge in [0.05, 0.1) is 17.2 Å². The first kappa shape index (κ1) is 18.0. The molecule has 28 heavy (non-hydrogen) atoms. The van der Waals surface area contributed by atoms with E-state index >= 15 is 0 Å². The van der Waals surface area contributed by atoms with E-state index in [1.165, 1.54) is 0 Å². The van der Waals surface area contributed by atoms with E-state index in [-0.39, 0.29) is 5.91 Å². The second kappa shape index (κ2) is 7.70. The fraction of sp³-hybridized carbons (Fsp3) is 0.182. The Morgan fingerprint density at radius 3 is 2.61 bits per heavy atom. The molecule has 0 aliphatic heterocycles. The lowest BCUT2D eigenvalue weighted by Gasteiger charge is -2.11. The molecule has 0 spiro atoms. The molecule has 0 radical (unpaired) electrons. The monoisotopic (exact) mass is 374 g/mol. The third-order valence-corrected chi connectivity index (χ3v) is 4.56. The van der Waals surface area contributed by atoms with E-state index in [4.69, 9.17) is 9.40 Å². The number of furan rings is 1. The number of carbonyl (C=O) groups is 1. The fourth-order valence-electron chi connectivity index (χ4n) is 3.08. The first-order valence-electron chi connectivity index (χ1n) is 9.18. The Morgan fingerprint density at radius 2 is 1.82 bits per heavy atom. The van der Waals surface area contributed by atoms with Crippen molar-refractivity contribution in [2.24, 2.45) is 0 Å². The normalized spacial score (nSPS) is 11.2. The number of hydrogen-bond acceptors (Lipinski definition) is 5. The maximum Gasteiger partial charge on any atom is 0.251 e. The van der Waals surface area contributed by atoms with Gasteiger partial charge in [0, 0.05) is 29.7 Å². The lowest BCUT2D eigenvalue weighted by atomic mass is 10.1. The van der Waals surface area contributed by atoms with Crippen LogP contribution in [0.15, 0.2) is 65.3 Å². The Bertz CT molecular complexity index is 1120. The Morgan fingerprint density at radius 1 is 1.04 bits per heavy atom. The molecule has 2 heterocycles. The summed E-state index contributed by atoms with van der Waals surface area (Å²) in [5.74, 6) is 0.653. The number of carbonyl (C=O) groups excluding carboxylic acids is 1. The number of hydrogen-bond donors (Lipinski definition) is 2. The van der Waals surface area contributed by atoms with E-state index in [9.17, 15) is 4.79 Å². The van der Waals surface area contributed by atoms with Gasteiger partial charge in [-0.2, -0.15) is 0 Å². The van der Waals surface area contributed by atoms with Gasteiger partial charge in [-0.3, -0.25) is 4.79 Å². The minimum Gasteiger partial charge on any atom is -0.463 e. The molecule has 0 aliphatic rings. The lowest BCUT2D eigenvalue weighted by molar-refractivity contribution is 0.0951. The SMILES string of the molecule is CN(C)CCNC(=O)c1ccc(Nc2nc3ccccc3c3occc23)cc1. The van der Waals surface area contributed by atoms with Gasteiger partial charge in [0.1, 0.15) is 11.4 Å². The Kier molecular flexibility index (Phi) is 4.95. The van der Waals surface area contributed by atoms with Crippen molar-refractivity contribution in [2.75, 3.05) is 32.5 Å². The number of likely N-dealkylation sites (N-methyl/N-ethyl adjacent to an activating group) is 1. The van der Waals surface area contributed by atoms with Crippen molar-refractivity contribution in [1.82, 2.24) is 15.2 Å². The molecular weight excluding hydrogens is 352 g/mol. The van der Waals surface area contributed by atoms with E-state index in [1.807, 2.05) is 61.5 Å². The van der Waals surface area contributed by atoms with Crippen molar-refractivity contribution in [2.45, 2.75) is 0 Å². The number of aromatic nitrogens is 1. The number of pyridine rings is 1. The first-order chi connectivity index (χ1) is 13.6.